The first-order valence-electron chi connectivity index (χ1n) is 7.05. The zero-order chi connectivity index (χ0) is 14.2. The predicted octanol–water partition coefficient (Wildman–Crippen LogP) is 2.44. The highest BCUT2D eigenvalue weighted by atomic mass is 16.2. The number of hydrogen-bond acceptors (Lipinski definition) is 2. The van der Waals surface area contributed by atoms with Crippen molar-refractivity contribution < 1.29 is 9.90 Å². The maximum absolute atomic E-state index is 12.2. The van der Waals surface area contributed by atoms with Crippen LogP contribution in [0.25, 0.3) is 0 Å². The Hall–Kier alpha value is -1.99. The Bertz CT molecular complexity index is 509. The van der Waals surface area contributed by atoms with E-state index in [1.54, 1.807) is 0 Å². The molecule has 0 aliphatic carbocycles. The lowest BCUT2D eigenvalue weighted by molar-refractivity contribution is 0.214. The van der Waals surface area contributed by atoms with E-state index in [2.05, 4.69) is 17.2 Å². The zero-order valence-corrected chi connectivity index (χ0v) is 11.6. The molecule has 2 N–H and O–H groups in total. The van der Waals surface area contributed by atoms with Gasteiger partial charge in [0.15, 0.2) is 0 Å². The molecule has 2 amide bonds. The number of carbonyl (C=O) groups excluding carboxylic acids is 1. The SMILES string of the molecule is O=C(Nc1cccc(C#CCO)c1)N1CCCCCC1. The highest BCUT2D eigenvalue weighted by molar-refractivity contribution is 5.89. The van der Waals surface area contributed by atoms with E-state index in [9.17, 15) is 4.79 Å². The van der Waals surface area contributed by atoms with Gasteiger partial charge in [0.1, 0.15) is 6.61 Å². The van der Waals surface area contributed by atoms with Gasteiger partial charge in [0.25, 0.3) is 0 Å². The number of rotatable bonds is 1. The molecule has 4 nitrogen and oxygen atoms in total. The molecule has 20 heavy (non-hydrogen) atoms. The molecule has 1 heterocycles. The number of carbonyl (C=O) groups is 1. The van der Waals surface area contributed by atoms with Crippen molar-refractivity contribution in [3.63, 3.8) is 0 Å². The molecule has 0 radical (unpaired) electrons. The second kappa shape index (κ2) is 7.56. The summed E-state index contributed by atoms with van der Waals surface area (Å²) in [6.07, 6.45) is 4.57. The van der Waals surface area contributed by atoms with Gasteiger partial charge < -0.3 is 15.3 Å². The van der Waals surface area contributed by atoms with Crippen LogP contribution in [0.3, 0.4) is 0 Å². The van der Waals surface area contributed by atoms with Crippen molar-refractivity contribution in [2.45, 2.75) is 25.7 Å². The number of urea groups is 1. The molecule has 1 aliphatic rings. The largest absolute Gasteiger partial charge is 0.384 e. The van der Waals surface area contributed by atoms with E-state index in [-0.39, 0.29) is 12.6 Å². The Morgan fingerprint density at radius 1 is 1.25 bits per heavy atom. The minimum atomic E-state index is -0.162. The van der Waals surface area contributed by atoms with Crippen molar-refractivity contribution in [3.05, 3.63) is 29.8 Å². The molecule has 4 heteroatoms. The summed E-state index contributed by atoms with van der Waals surface area (Å²) in [6.45, 7) is 1.50. The third kappa shape index (κ3) is 4.29. The number of aliphatic hydroxyl groups is 1. The first-order valence-corrected chi connectivity index (χ1v) is 7.05. The van der Waals surface area contributed by atoms with Crippen LogP contribution >= 0.6 is 0 Å². The maximum atomic E-state index is 12.2. The molecule has 0 bridgehead atoms. The zero-order valence-electron chi connectivity index (χ0n) is 11.6. The van der Waals surface area contributed by atoms with Crippen LogP contribution in [0.2, 0.25) is 0 Å². The van der Waals surface area contributed by atoms with Gasteiger partial charge in [0, 0.05) is 24.3 Å². The summed E-state index contributed by atoms with van der Waals surface area (Å²) in [5.74, 6) is 5.43. The topological polar surface area (TPSA) is 52.6 Å². The highest BCUT2D eigenvalue weighted by Crippen LogP contribution is 2.14. The van der Waals surface area contributed by atoms with Crippen molar-refractivity contribution in [2.24, 2.45) is 0 Å². The molecule has 1 saturated heterocycles. The van der Waals surface area contributed by atoms with Crippen molar-refractivity contribution in [1.29, 1.82) is 0 Å². The Labute approximate surface area is 119 Å². The molecule has 1 aromatic rings. The Morgan fingerprint density at radius 2 is 2.00 bits per heavy atom. The standard InChI is InChI=1S/C16H20N2O2/c19-12-6-8-14-7-5-9-15(13-14)17-16(20)18-10-3-1-2-4-11-18/h5,7,9,13,19H,1-4,10-12H2,(H,17,20). The summed E-state index contributed by atoms with van der Waals surface area (Å²) >= 11 is 0. The van der Waals surface area contributed by atoms with E-state index in [4.69, 9.17) is 5.11 Å². The molecular weight excluding hydrogens is 252 g/mol. The summed E-state index contributed by atoms with van der Waals surface area (Å²) in [7, 11) is 0. The molecule has 1 aromatic carbocycles. The quantitative estimate of drug-likeness (QED) is 0.771. The van der Waals surface area contributed by atoms with Crippen LogP contribution in [-0.2, 0) is 0 Å². The normalized spacial score (nSPS) is 14.9. The number of hydrogen-bond donors (Lipinski definition) is 2. The smallest absolute Gasteiger partial charge is 0.321 e. The fraction of sp³-hybridized carbons (Fsp3) is 0.438. The van der Waals surface area contributed by atoms with Crippen LogP contribution in [0.4, 0.5) is 10.5 Å². The van der Waals surface area contributed by atoms with E-state index in [1.807, 2.05) is 29.2 Å². The third-order valence-electron chi connectivity index (χ3n) is 3.32. The van der Waals surface area contributed by atoms with Gasteiger partial charge in [-0.25, -0.2) is 4.79 Å². The van der Waals surface area contributed by atoms with Crippen molar-refractivity contribution in [3.8, 4) is 11.8 Å². The third-order valence-corrected chi connectivity index (χ3v) is 3.32. The number of anilines is 1. The number of nitrogens with one attached hydrogen (secondary N) is 1. The second-order valence-corrected chi connectivity index (χ2v) is 4.87. The van der Waals surface area contributed by atoms with Gasteiger partial charge in [0.2, 0.25) is 0 Å². The number of aliphatic hydroxyl groups excluding tert-OH is 1. The van der Waals surface area contributed by atoms with Crippen LogP contribution in [0.5, 0.6) is 0 Å². The number of likely N-dealkylation sites (tertiary alicyclic amines) is 1. The number of benzene rings is 1. The summed E-state index contributed by atoms with van der Waals surface area (Å²) in [5.41, 5.74) is 1.52. The second-order valence-electron chi connectivity index (χ2n) is 4.87. The van der Waals surface area contributed by atoms with E-state index in [0.717, 1.165) is 37.2 Å². The minimum Gasteiger partial charge on any atom is -0.384 e. The van der Waals surface area contributed by atoms with Gasteiger partial charge >= 0.3 is 6.03 Å². The average molecular weight is 272 g/mol. The van der Waals surface area contributed by atoms with E-state index in [0.29, 0.717) is 0 Å². The van der Waals surface area contributed by atoms with Gasteiger partial charge in [0.05, 0.1) is 0 Å². The number of amides is 2. The minimum absolute atomic E-state index is 0.0424. The van der Waals surface area contributed by atoms with E-state index in [1.165, 1.54) is 12.8 Å². The lowest BCUT2D eigenvalue weighted by atomic mass is 10.2. The van der Waals surface area contributed by atoms with Crippen LogP contribution in [0, 0.1) is 11.8 Å². The Balaban J connectivity index is 1.99. The van der Waals surface area contributed by atoms with E-state index < -0.39 is 0 Å². The van der Waals surface area contributed by atoms with Gasteiger partial charge in [-0.05, 0) is 31.0 Å². The van der Waals surface area contributed by atoms with Crippen molar-refractivity contribution >= 4 is 11.7 Å². The molecule has 0 atom stereocenters. The average Bonchev–Trinajstić information content (AvgIpc) is 2.74. The van der Waals surface area contributed by atoms with Gasteiger partial charge in [-0.2, -0.15) is 0 Å². The Morgan fingerprint density at radius 3 is 2.70 bits per heavy atom. The molecule has 0 spiro atoms. The predicted molar refractivity (Wildman–Crippen MR) is 79.5 cm³/mol. The van der Waals surface area contributed by atoms with Gasteiger partial charge in [-0.15, -0.1) is 0 Å². The highest BCUT2D eigenvalue weighted by Gasteiger charge is 2.15. The summed E-state index contributed by atoms with van der Waals surface area (Å²) in [6, 6.07) is 7.32. The molecule has 1 aliphatic heterocycles. The lowest BCUT2D eigenvalue weighted by Crippen LogP contribution is -2.35. The Kier molecular flexibility index (Phi) is 5.45. The molecule has 0 saturated carbocycles. The van der Waals surface area contributed by atoms with E-state index >= 15 is 0 Å². The molecule has 1 fully saturated rings. The van der Waals surface area contributed by atoms with Crippen LogP contribution < -0.4 is 5.32 Å². The van der Waals surface area contributed by atoms with Crippen LogP contribution in [0.1, 0.15) is 31.2 Å². The van der Waals surface area contributed by atoms with Crippen LogP contribution in [0.15, 0.2) is 24.3 Å². The first kappa shape index (κ1) is 14.4. The summed E-state index contributed by atoms with van der Waals surface area (Å²) in [4.78, 5) is 14.1. The molecule has 0 unspecified atom stereocenters. The van der Waals surface area contributed by atoms with Crippen LogP contribution in [-0.4, -0.2) is 35.7 Å². The summed E-state index contributed by atoms with van der Waals surface area (Å²) in [5, 5.41) is 11.6. The van der Waals surface area contributed by atoms with Crippen molar-refractivity contribution in [1.82, 2.24) is 4.90 Å². The summed E-state index contributed by atoms with van der Waals surface area (Å²) < 4.78 is 0. The molecule has 0 aromatic heterocycles. The molecule has 106 valence electrons. The maximum Gasteiger partial charge on any atom is 0.321 e. The number of nitrogens with zero attached hydrogens (tertiary/aromatic N) is 1. The first-order chi connectivity index (χ1) is 9.79. The lowest BCUT2D eigenvalue weighted by Gasteiger charge is -2.20. The van der Waals surface area contributed by atoms with Gasteiger partial charge in [-0.3, -0.25) is 0 Å². The molecule has 2 rings (SSSR count). The van der Waals surface area contributed by atoms with Crippen molar-refractivity contribution in [2.75, 3.05) is 25.0 Å². The van der Waals surface area contributed by atoms with Gasteiger partial charge in [-0.1, -0.05) is 30.7 Å². The fourth-order valence-electron chi connectivity index (χ4n) is 2.29. The molecular formula is C16H20N2O2. The fourth-order valence-corrected chi connectivity index (χ4v) is 2.29. The monoisotopic (exact) mass is 272 g/mol.